The van der Waals surface area contributed by atoms with E-state index in [1.54, 1.807) is 13.3 Å². The van der Waals surface area contributed by atoms with Crippen LogP contribution >= 0.6 is 0 Å². The van der Waals surface area contributed by atoms with Gasteiger partial charge in [-0.25, -0.2) is 15.0 Å². The molecule has 154 valence electrons. The van der Waals surface area contributed by atoms with E-state index in [4.69, 9.17) is 9.72 Å². The highest BCUT2D eigenvalue weighted by molar-refractivity contribution is 5.95. The smallest absolute Gasteiger partial charge is 0.273 e. The number of hydrogen-bond donors (Lipinski definition) is 0. The highest BCUT2D eigenvalue weighted by Gasteiger charge is 2.32. The standard InChI is InChI=1S/C25H22N4O2/c1-31-19-8-4-7-18(16-19)24-26-14-13-21(28-24)23-10-5-15-29(23)25(30)22-12-11-17-6-2-3-9-20(17)27-22/h2-4,6-9,11-14,16,23H,5,10,15H2,1H3. The number of carbonyl (C=O) groups excluding carboxylic acids is 1. The van der Waals surface area contributed by atoms with Crippen molar-refractivity contribution in [3.05, 3.63) is 84.3 Å². The quantitative estimate of drug-likeness (QED) is 0.489. The van der Waals surface area contributed by atoms with Crippen LogP contribution in [-0.4, -0.2) is 39.4 Å². The molecule has 31 heavy (non-hydrogen) atoms. The molecule has 3 heterocycles. The maximum atomic E-state index is 13.3. The van der Waals surface area contributed by atoms with Gasteiger partial charge in [-0.3, -0.25) is 4.79 Å². The van der Waals surface area contributed by atoms with Gasteiger partial charge in [0.15, 0.2) is 5.82 Å². The molecule has 1 fully saturated rings. The lowest BCUT2D eigenvalue weighted by Gasteiger charge is -2.24. The van der Waals surface area contributed by atoms with Crippen molar-refractivity contribution in [1.82, 2.24) is 19.9 Å². The second kappa shape index (κ2) is 8.14. The molecule has 2 aromatic heterocycles. The van der Waals surface area contributed by atoms with Gasteiger partial charge in [-0.2, -0.15) is 0 Å². The lowest BCUT2D eigenvalue weighted by atomic mass is 10.1. The van der Waals surface area contributed by atoms with Crippen LogP contribution in [0.15, 0.2) is 72.9 Å². The van der Waals surface area contributed by atoms with E-state index in [0.717, 1.165) is 40.8 Å². The van der Waals surface area contributed by atoms with Gasteiger partial charge in [-0.15, -0.1) is 0 Å². The average Bonchev–Trinajstić information content (AvgIpc) is 3.33. The van der Waals surface area contributed by atoms with Gasteiger partial charge in [-0.1, -0.05) is 36.4 Å². The molecule has 0 saturated carbocycles. The van der Waals surface area contributed by atoms with E-state index in [1.807, 2.05) is 71.6 Å². The maximum absolute atomic E-state index is 13.3. The zero-order valence-electron chi connectivity index (χ0n) is 17.2. The van der Waals surface area contributed by atoms with Crippen LogP contribution in [0.25, 0.3) is 22.3 Å². The lowest BCUT2D eigenvalue weighted by molar-refractivity contribution is 0.0727. The topological polar surface area (TPSA) is 68.2 Å². The molecule has 6 nitrogen and oxygen atoms in total. The fourth-order valence-corrected chi connectivity index (χ4v) is 4.11. The van der Waals surface area contributed by atoms with Crippen molar-refractivity contribution >= 4 is 16.8 Å². The first-order valence-electron chi connectivity index (χ1n) is 10.4. The molecule has 0 spiro atoms. The molecular formula is C25H22N4O2. The van der Waals surface area contributed by atoms with Crippen LogP contribution in [0.4, 0.5) is 0 Å². The number of hydrogen-bond acceptors (Lipinski definition) is 5. The predicted molar refractivity (Wildman–Crippen MR) is 119 cm³/mol. The van der Waals surface area contributed by atoms with Crippen molar-refractivity contribution in [2.45, 2.75) is 18.9 Å². The third-order valence-electron chi connectivity index (χ3n) is 5.68. The number of likely N-dealkylation sites (tertiary alicyclic amines) is 1. The lowest BCUT2D eigenvalue weighted by Crippen LogP contribution is -2.31. The Bertz CT molecular complexity index is 1260. The van der Waals surface area contributed by atoms with Crippen molar-refractivity contribution in [2.75, 3.05) is 13.7 Å². The summed E-state index contributed by atoms with van der Waals surface area (Å²) in [5.74, 6) is 1.32. The first-order valence-corrected chi connectivity index (χ1v) is 10.4. The molecular weight excluding hydrogens is 388 g/mol. The molecule has 1 saturated heterocycles. The zero-order chi connectivity index (χ0) is 21.2. The maximum Gasteiger partial charge on any atom is 0.273 e. The van der Waals surface area contributed by atoms with Crippen molar-refractivity contribution in [3.63, 3.8) is 0 Å². The van der Waals surface area contributed by atoms with Crippen LogP contribution in [0, 0.1) is 0 Å². The highest BCUT2D eigenvalue weighted by atomic mass is 16.5. The van der Waals surface area contributed by atoms with E-state index < -0.39 is 0 Å². The fourth-order valence-electron chi connectivity index (χ4n) is 4.11. The van der Waals surface area contributed by atoms with Crippen LogP contribution < -0.4 is 4.74 Å². The fraction of sp³-hybridized carbons (Fsp3) is 0.200. The van der Waals surface area contributed by atoms with E-state index in [-0.39, 0.29) is 11.9 Å². The van der Waals surface area contributed by atoms with Gasteiger partial charge in [-0.05, 0) is 43.2 Å². The Balaban J connectivity index is 1.45. The monoisotopic (exact) mass is 410 g/mol. The molecule has 0 aliphatic carbocycles. The number of para-hydroxylation sites is 1. The number of amides is 1. The van der Waals surface area contributed by atoms with Gasteiger partial charge in [0.1, 0.15) is 11.4 Å². The van der Waals surface area contributed by atoms with E-state index in [2.05, 4.69) is 9.97 Å². The third-order valence-corrected chi connectivity index (χ3v) is 5.68. The number of nitrogens with zero attached hydrogens (tertiary/aromatic N) is 4. The Kier molecular flexibility index (Phi) is 5.04. The van der Waals surface area contributed by atoms with Gasteiger partial charge in [0, 0.05) is 23.7 Å². The number of fused-ring (bicyclic) bond motifs is 1. The third kappa shape index (κ3) is 3.72. The molecule has 1 aliphatic rings. The Labute approximate surface area is 180 Å². The SMILES string of the molecule is COc1cccc(-c2nccc(C3CCCN3C(=O)c3ccc4ccccc4n3)n2)c1. The summed E-state index contributed by atoms with van der Waals surface area (Å²) >= 11 is 0. The van der Waals surface area contributed by atoms with Gasteiger partial charge in [0.25, 0.3) is 5.91 Å². The molecule has 1 unspecified atom stereocenters. The van der Waals surface area contributed by atoms with E-state index in [1.165, 1.54) is 0 Å². The van der Waals surface area contributed by atoms with Crippen LogP contribution in [0.3, 0.4) is 0 Å². The van der Waals surface area contributed by atoms with Gasteiger partial charge < -0.3 is 9.64 Å². The molecule has 0 radical (unpaired) electrons. The second-order valence-corrected chi connectivity index (χ2v) is 7.58. The molecule has 6 heteroatoms. The van der Waals surface area contributed by atoms with E-state index in [0.29, 0.717) is 18.1 Å². The Morgan fingerprint density at radius 3 is 2.84 bits per heavy atom. The van der Waals surface area contributed by atoms with E-state index in [9.17, 15) is 4.79 Å². The summed E-state index contributed by atoms with van der Waals surface area (Å²) < 4.78 is 5.32. The Hall–Kier alpha value is -3.80. The predicted octanol–water partition coefficient (Wildman–Crippen LogP) is 4.68. The minimum Gasteiger partial charge on any atom is -0.497 e. The normalized spacial score (nSPS) is 15.9. The van der Waals surface area contributed by atoms with Gasteiger partial charge in [0.2, 0.25) is 0 Å². The highest BCUT2D eigenvalue weighted by Crippen LogP contribution is 2.33. The summed E-state index contributed by atoms with van der Waals surface area (Å²) in [6.45, 7) is 0.691. The number of ether oxygens (including phenoxy) is 1. The number of rotatable bonds is 4. The van der Waals surface area contributed by atoms with Crippen molar-refractivity contribution in [1.29, 1.82) is 0 Å². The first-order chi connectivity index (χ1) is 15.2. The first kappa shape index (κ1) is 19.2. The van der Waals surface area contributed by atoms with Gasteiger partial charge in [0.05, 0.1) is 24.4 Å². The van der Waals surface area contributed by atoms with Crippen molar-refractivity contribution in [3.8, 4) is 17.1 Å². The van der Waals surface area contributed by atoms with Crippen LogP contribution in [0.2, 0.25) is 0 Å². The molecule has 1 atom stereocenters. The molecule has 0 N–H and O–H groups in total. The average molecular weight is 410 g/mol. The largest absolute Gasteiger partial charge is 0.497 e. The van der Waals surface area contributed by atoms with Crippen molar-refractivity contribution < 1.29 is 9.53 Å². The molecule has 2 aromatic carbocycles. The van der Waals surface area contributed by atoms with Gasteiger partial charge >= 0.3 is 0 Å². The van der Waals surface area contributed by atoms with E-state index >= 15 is 0 Å². The molecule has 4 aromatic rings. The van der Waals surface area contributed by atoms with Crippen LogP contribution in [0.5, 0.6) is 5.75 Å². The number of methoxy groups -OCH3 is 1. The minimum absolute atomic E-state index is 0.0604. The number of benzene rings is 2. The zero-order valence-corrected chi connectivity index (χ0v) is 17.2. The summed E-state index contributed by atoms with van der Waals surface area (Å²) in [6, 6.07) is 21.1. The molecule has 1 aliphatic heterocycles. The summed E-state index contributed by atoms with van der Waals surface area (Å²) in [5.41, 5.74) is 3.02. The summed E-state index contributed by atoms with van der Waals surface area (Å²) in [5, 5.41) is 1.02. The molecule has 5 rings (SSSR count). The Morgan fingerprint density at radius 2 is 1.94 bits per heavy atom. The van der Waals surface area contributed by atoms with Crippen molar-refractivity contribution in [2.24, 2.45) is 0 Å². The second-order valence-electron chi connectivity index (χ2n) is 7.58. The van der Waals surface area contributed by atoms with Crippen LogP contribution in [0.1, 0.15) is 35.1 Å². The summed E-state index contributed by atoms with van der Waals surface area (Å²) in [7, 11) is 1.64. The number of carbonyl (C=O) groups is 1. The summed E-state index contributed by atoms with van der Waals surface area (Å²) in [4.78, 5) is 29.0. The molecule has 1 amide bonds. The number of pyridine rings is 1. The number of aromatic nitrogens is 3. The summed E-state index contributed by atoms with van der Waals surface area (Å²) in [6.07, 6.45) is 3.56. The Morgan fingerprint density at radius 1 is 1.03 bits per heavy atom. The molecule has 0 bridgehead atoms. The van der Waals surface area contributed by atoms with Crippen LogP contribution in [-0.2, 0) is 0 Å². The minimum atomic E-state index is -0.0897.